The summed E-state index contributed by atoms with van der Waals surface area (Å²) in [7, 11) is 0. The van der Waals surface area contributed by atoms with E-state index in [1.807, 2.05) is 19.9 Å². The van der Waals surface area contributed by atoms with Crippen LogP contribution >= 0.6 is 0 Å². The summed E-state index contributed by atoms with van der Waals surface area (Å²) < 4.78 is 5.61. The second-order valence-corrected chi connectivity index (χ2v) is 5.65. The van der Waals surface area contributed by atoms with E-state index in [9.17, 15) is 4.79 Å². The molecule has 5 heteroatoms. The van der Waals surface area contributed by atoms with Crippen molar-refractivity contribution < 1.29 is 9.53 Å². The lowest BCUT2D eigenvalue weighted by Crippen LogP contribution is -2.45. The van der Waals surface area contributed by atoms with Crippen LogP contribution in [0.5, 0.6) is 5.88 Å². The maximum Gasteiger partial charge on any atom is 0.241 e. The average Bonchev–Trinajstić information content (AvgIpc) is 2.40. The number of ether oxygens (including phenoxy) is 1. The largest absolute Gasteiger partial charge is 0.473 e. The molecule has 0 aromatic carbocycles. The zero-order valence-electron chi connectivity index (χ0n) is 12.3. The normalized spacial score (nSPS) is 22.6. The van der Waals surface area contributed by atoms with E-state index in [0.717, 1.165) is 19.4 Å². The quantitative estimate of drug-likeness (QED) is 0.885. The smallest absolute Gasteiger partial charge is 0.241 e. The maximum atomic E-state index is 12.3. The van der Waals surface area contributed by atoms with Gasteiger partial charge in [-0.15, -0.1) is 0 Å². The van der Waals surface area contributed by atoms with Crippen molar-refractivity contribution in [1.29, 1.82) is 0 Å². The van der Waals surface area contributed by atoms with E-state index in [1.54, 1.807) is 12.3 Å². The number of pyridine rings is 1. The number of carbonyl (C=O) groups is 1. The molecule has 1 saturated heterocycles. The first-order chi connectivity index (χ1) is 9.56. The molecule has 20 heavy (non-hydrogen) atoms. The van der Waals surface area contributed by atoms with Crippen LogP contribution in [0.2, 0.25) is 0 Å². The first-order valence-electron chi connectivity index (χ1n) is 7.22. The lowest BCUT2D eigenvalue weighted by Gasteiger charge is -2.27. The summed E-state index contributed by atoms with van der Waals surface area (Å²) in [6.45, 7) is 6.94. The molecule has 0 saturated carbocycles. The van der Waals surface area contributed by atoms with Crippen molar-refractivity contribution in [3.8, 4) is 5.88 Å². The first kappa shape index (κ1) is 14.8. The Hall–Kier alpha value is -1.62. The van der Waals surface area contributed by atoms with Crippen molar-refractivity contribution in [3.63, 3.8) is 0 Å². The standard InChI is InChI=1S/C15H23N3O2/c1-10(2)20-15-12(5-4-7-17-15)18-14(19)13-9-11(3)6-8-16-13/h4-5,7,10-11,13,16H,6,8-9H2,1-3H3,(H,18,19). The Kier molecular flexibility index (Phi) is 4.95. The molecule has 110 valence electrons. The van der Waals surface area contributed by atoms with Gasteiger partial charge in [0.15, 0.2) is 0 Å². The van der Waals surface area contributed by atoms with Crippen LogP contribution in [0, 0.1) is 5.92 Å². The van der Waals surface area contributed by atoms with Gasteiger partial charge in [-0.3, -0.25) is 4.79 Å². The van der Waals surface area contributed by atoms with E-state index in [0.29, 0.717) is 17.5 Å². The van der Waals surface area contributed by atoms with E-state index in [1.165, 1.54) is 0 Å². The Bertz CT molecular complexity index is 462. The number of nitrogens with zero attached hydrogens (tertiary/aromatic N) is 1. The lowest BCUT2D eigenvalue weighted by molar-refractivity contribution is -0.119. The van der Waals surface area contributed by atoms with Gasteiger partial charge in [-0.2, -0.15) is 0 Å². The number of nitrogens with one attached hydrogen (secondary N) is 2. The number of carbonyl (C=O) groups excluding carboxylic acids is 1. The number of rotatable bonds is 4. The number of amides is 1. The molecule has 1 amide bonds. The van der Waals surface area contributed by atoms with E-state index in [-0.39, 0.29) is 18.1 Å². The lowest BCUT2D eigenvalue weighted by atomic mass is 9.94. The maximum absolute atomic E-state index is 12.3. The molecular weight excluding hydrogens is 254 g/mol. The fraction of sp³-hybridized carbons (Fsp3) is 0.600. The van der Waals surface area contributed by atoms with Gasteiger partial charge in [0.25, 0.3) is 0 Å². The predicted octanol–water partition coefficient (Wildman–Crippen LogP) is 2.20. The molecule has 0 spiro atoms. The van der Waals surface area contributed by atoms with E-state index >= 15 is 0 Å². The van der Waals surface area contributed by atoms with Crippen LogP contribution in [0.4, 0.5) is 5.69 Å². The Morgan fingerprint density at radius 2 is 2.35 bits per heavy atom. The minimum absolute atomic E-state index is 0.0156. The highest BCUT2D eigenvalue weighted by Crippen LogP contribution is 2.23. The Morgan fingerprint density at radius 3 is 3.05 bits per heavy atom. The van der Waals surface area contributed by atoms with Crippen molar-refractivity contribution in [2.45, 2.75) is 45.8 Å². The molecule has 1 aromatic rings. The number of hydrogen-bond donors (Lipinski definition) is 2. The van der Waals surface area contributed by atoms with Gasteiger partial charge in [-0.25, -0.2) is 4.98 Å². The van der Waals surface area contributed by atoms with Crippen LogP contribution in [-0.2, 0) is 4.79 Å². The molecule has 2 rings (SSSR count). The van der Waals surface area contributed by atoms with E-state index < -0.39 is 0 Å². The summed E-state index contributed by atoms with van der Waals surface area (Å²) in [4.78, 5) is 16.5. The minimum Gasteiger partial charge on any atom is -0.473 e. The zero-order valence-corrected chi connectivity index (χ0v) is 12.3. The van der Waals surface area contributed by atoms with Crippen molar-refractivity contribution >= 4 is 11.6 Å². The van der Waals surface area contributed by atoms with Gasteiger partial charge >= 0.3 is 0 Å². The van der Waals surface area contributed by atoms with Crippen LogP contribution < -0.4 is 15.4 Å². The summed E-state index contributed by atoms with van der Waals surface area (Å²) in [5.41, 5.74) is 0.631. The molecule has 1 aliphatic heterocycles. The van der Waals surface area contributed by atoms with Gasteiger partial charge in [0, 0.05) is 6.20 Å². The molecule has 1 aromatic heterocycles. The van der Waals surface area contributed by atoms with Gasteiger partial charge in [-0.1, -0.05) is 6.92 Å². The Labute approximate surface area is 120 Å². The summed E-state index contributed by atoms with van der Waals surface area (Å²) in [6.07, 6.45) is 3.67. The average molecular weight is 277 g/mol. The molecule has 0 bridgehead atoms. The van der Waals surface area contributed by atoms with Crippen LogP contribution in [0.3, 0.4) is 0 Å². The highest BCUT2D eigenvalue weighted by Gasteiger charge is 2.25. The zero-order chi connectivity index (χ0) is 14.5. The van der Waals surface area contributed by atoms with Crippen molar-refractivity contribution in [1.82, 2.24) is 10.3 Å². The van der Waals surface area contributed by atoms with Crippen LogP contribution in [0.1, 0.15) is 33.6 Å². The van der Waals surface area contributed by atoms with Crippen molar-refractivity contribution in [2.75, 3.05) is 11.9 Å². The monoisotopic (exact) mass is 277 g/mol. The SMILES string of the molecule is CC1CCNC(C(=O)Nc2cccnc2OC(C)C)C1. The molecule has 1 aliphatic rings. The van der Waals surface area contributed by atoms with Gasteiger partial charge < -0.3 is 15.4 Å². The summed E-state index contributed by atoms with van der Waals surface area (Å²) in [5, 5.41) is 6.17. The van der Waals surface area contributed by atoms with Crippen molar-refractivity contribution in [3.05, 3.63) is 18.3 Å². The third-order valence-electron chi connectivity index (χ3n) is 3.36. The third kappa shape index (κ3) is 3.93. The second kappa shape index (κ2) is 6.70. The summed E-state index contributed by atoms with van der Waals surface area (Å²) >= 11 is 0. The fourth-order valence-electron chi connectivity index (χ4n) is 2.33. The van der Waals surface area contributed by atoms with E-state index in [4.69, 9.17) is 4.74 Å². The third-order valence-corrected chi connectivity index (χ3v) is 3.36. The molecule has 2 N–H and O–H groups in total. The molecule has 0 aliphatic carbocycles. The number of piperidine rings is 1. The minimum atomic E-state index is -0.133. The molecule has 5 nitrogen and oxygen atoms in total. The van der Waals surface area contributed by atoms with E-state index in [2.05, 4.69) is 22.5 Å². The van der Waals surface area contributed by atoms with Crippen LogP contribution in [0.25, 0.3) is 0 Å². The molecule has 2 heterocycles. The van der Waals surface area contributed by atoms with Gasteiger partial charge in [-0.05, 0) is 51.3 Å². The van der Waals surface area contributed by atoms with Crippen LogP contribution in [-0.4, -0.2) is 29.6 Å². The molecule has 2 atom stereocenters. The number of hydrogen-bond acceptors (Lipinski definition) is 4. The highest BCUT2D eigenvalue weighted by molar-refractivity contribution is 5.95. The second-order valence-electron chi connectivity index (χ2n) is 5.65. The molecular formula is C15H23N3O2. The van der Waals surface area contributed by atoms with Gasteiger partial charge in [0.05, 0.1) is 12.1 Å². The molecule has 0 radical (unpaired) electrons. The molecule has 2 unspecified atom stereocenters. The first-order valence-corrected chi connectivity index (χ1v) is 7.22. The topological polar surface area (TPSA) is 63.2 Å². The predicted molar refractivity (Wildman–Crippen MR) is 78.8 cm³/mol. The highest BCUT2D eigenvalue weighted by atomic mass is 16.5. The Balaban J connectivity index is 2.03. The molecule has 1 fully saturated rings. The van der Waals surface area contributed by atoms with Gasteiger partial charge in [0.2, 0.25) is 11.8 Å². The summed E-state index contributed by atoms with van der Waals surface area (Å²) in [6, 6.07) is 3.47. The number of aromatic nitrogens is 1. The fourth-order valence-corrected chi connectivity index (χ4v) is 2.33. The Morgan fingerprint density at radius 1 is 1.55 bits per heavy atom. The van der Waals surface area contributed by atoms with Crippen molar-refractivity contribution in [2.24, 2.45) is 5.92 Å². The summed E-state index contributed by atoms with van der Waals surface area (Å²) in [5.74, 6) is 1.03. The van der Waals surface area contributed by atoms with Crippen LogP contribution in [0.15, 0.2) is 18.3 Å². The number of anilines is 1. The van der Waals surface area contributed by atoms with Gasteiger partial charge in [0.1, 0.15) is 5.69 Å².